The van der Waals surface area contributed by atoms with Crippen molar-refractivity contribution in [3.05, 3.63) is 0 Å². The van der Waals surface area contributed by atoms with Crippen LogP contribution in [0.4, 0.5) is 0 Å². The summed E-state index contributed by atoms with van der Waals surface area (Å²) in [4.78, 5) is 64.6. The van der Waals surface area contributed by atoms with Crippen molar-refractivity contribution >= 4 is 29.5 Å². The van der Waals surface area contributed by atoms with Crippen molar-refractivity contribution in [3.63, 3.8) is 0 Å². The lowest BCUT2D eigenvalue weighted by atomic mass is 9.93. The van der Waals surface area contributed by atoms with Gasteiger partial charge in [-0.15, -0.1) is 0 Å². The molecule has 0 aromatic heterocycles. The Balaban J connectivity index is 0.906. The molecule has 0 aliphatic carbocycles. The number of carbonyl (C=O) groups is 5. The van der Waals surface area contributed by atoms with Gasteiger partial charge in [-0.3, -0.25) is 24.0 Å². The van der Waals surface area contributed by atoms with Crippen LogP contribution in [-0.4, -0.2) is 540 Å². The highest BCUT2D eigenvalue weighted by atomic mass is 16.8. The van der Waals surface area contributed by atoms with E-state index in [0.29, 0.717) is 0 Å². The van der Waals surface area contributed by atoms with E-state index < -0.39 is 402 Å². The van der Waals surface area contributed by atoms with Gasteiger partial charge in [-0.1, -0.05) is 0 Å². The first-order valence-electron chi connectivity index (χ1n) is 40.1. The molecule has 728 valence electrons. The minimum atomic E-state index is -2.53. The smallest absolute Gasteiger partial charge is 0.217 e. The van der Waals surface area contributed by atoms with E-state index >= 15 is 0 Å². The first-order valence-corrected chi connectivity index (χ1v) is 40.1. The van der Waals surface area contributed by atoms with Crippen LogP contribution in [0, 0.1) is 0 Å². The molecule has 10 rings (SSSR count). The molecule has 0 spiro atoms. The summed E-state index contributed by atoms with van der Waals surface area (Å²) < 4.78 is 112. The summed E-state index contributed by atoms with van der Waals surface area (Å²) in [5.74, 6) is -4.66. The fourth-order valence-corrected chi connectivity index (χ4v) is 16.3. The lowest BCUT2D eigenvalue weighted by molar-refractivity contribution is -0.388. The zero-order valence-electron chi connectivity index (χ0n) is 67.8. The molecule has 10 saturated heterocycles. The zero-order valence-corrected chi connectivity index (χ0v) is 67.8. The minimum Gasteiger partial charge on any atom is -0.394 e. The molecule has 5 amide bonds. The van der Waals surface area contributed by atoms with Crippen molar-refractivity contribution < 1.29 is 252 Å². The molecular weight excluding hydrogens is 1730 g/mol. The quantitative estimate of drug-likeness (QED) is 0.0290. The Bertz CT molecular complexity index is 3440. The maximum atomic E-state index is 13.3. The molecule has 10 fully saturated rings. The van der Waals surface area contributed by atoms with Gasteiger partial charge in [-0.05, 0) is 0 Å². The van der Waals surface area contributed by atoms with E-state index in [2.05, 4.69) is 26.6 Å². The van der Waals surface area contributed by atoms with Crippen molar-refractivity contribution in [3.8, 4) is 0 Å². The van der Waals surface area contributed by atoms with Crippen LogP contribution in [0.5, 0.6) is 0 Å². The van der Waals surface area contributed by atoms with Gasteiger partial charge < -0.3 is 254 Å². The van der Waals surface area contributed by atoms with Crippen molar-refractivity contribution in [2.45, 2.75) is 341 Å². The Kier molecular flexibility index (Phi) is 37.4. The van der Waals surface area contributed by atoms with Crippen LogP contribution in [0.25, 0.3) is 0 Å². The third-order valence-corrected chi connectivity index (χ3v) is 22.9. The highest BCUT2D eigenvalue weighted by Gasteiger charge is 2.62. The van der Waals surface area contributed by atoms with E-state index in [1.54, 1.807) is 0 Å². The molecule has 0 bridgehead atoms. The highest BCUT2D eigenvalue weighted by molar-refractivity contribution is 5.75. The molecular formula is C70H117N5O51. The summed E-state index contributed by atoms with van der Waals surface area (Å²) in [7, 11) is 0. The minimum absolute atomic E-state index is 0.844. The Morgan fingerprint density at radius 1 is 0.206 bits per heavy atom. The van der Waals surface area contributed by atoms with E-state index in [0.717, 1.165) is 34.6 Å². The second-order valence-electron chi connectivity index (χ2n) is 31.7. The van der Waals surface area contributed by atoms with Crippen LogP contribution in [0.2, 0.25) is 0 Å². The first-order chi connectivity index (χ1) is 59.6. The monoisotopic (exact) mass is 1840 g/mol. The van der Waals surface area contributed by atoms with Gasteiger partial charge in [0.25, 0.3) is 0 Å². The Morgan fingerprint density at radius 3 is 0.698 bits per heavy atom. The molecule has 56 heteroatoms. The van der Waals surface area contributed by atoms with Crippen molar-refractivity contribution in [2.24, 2.45) is 0 Å². The fraction of sp³-hybridized carbons (Fsp3) is 0.929. The average Bonchev–Trinajstić information content (AvgIpc) is 0.766. The van der Waals surface area contributed by atoms with Crippen LogP contribution >= 0.6 is 0 Å². The van der Waals surface area contributed by atoms with Crippen LogP contribution in [0.15, 0.2) is 0 Å². The van der Waals surface area contributed by atoms with Crippen molar-refractivity contribution in [1.82, 2.24) is 26.6 Å². The number of aliphatic hydroxyl groups is 27. The van der Waals surface area contributed by atoms with E-state index in [-0.39, 0.29) is 0 Å². The normalized spacial score (nSPS) is 48.4. The molecule has 1 unspecified atom stereocenters. The van der Waals surface area contributed by atoms with Crippen LogP contribution in [0.3, 0.4) is 0 Å². The highest BCUT2D eigenvalue weighted by Crippen LogP contribution is 2.40. The van der Waals surface area contributed by atoms with Crippen molar-refractivity contribution in [1.29, 1.82) is 0 Å². The number of amides is 5. The molecule has 126 heavy (non-hydrogen) atoms. The second-order valence-corrected chi connectivity index (χ2v) is 31.7. The summed E-state index contributed by atoms with van der Waals surface area (Å²) in [6, 6.07) is -9.46. The number of rotatable bonds is 33. The molecule has 0 saturated carbocycles. The Labute approximate surface area is 713 Å². The molecule has 56 nitrogen and oxygen atoms in total. The molecule has 32 N–H and O–H groups in total. The second kappa shape index (κ2) is 45.5. The van der Waals surface area contributed by atoms with Gasteiger partial charge in [-0.2, -0.15) is 0 Å². The molecule has 10 heterocycles. The van der Waals surface area contributed by atoms with Gasteiger partial charge >= 0.3 is 0 Å². The fourth-order valence-electron chi connectivity index (χ4n) is 16.3. The first kappa shape index (κ1) is 104. The number of aliphatic hydroxyl groups excluding tert-OH is 27. The maximum absolute atomic E-state index is 13.3. The third kappa shape index (κ3) is 23.1. The lowest BCUT2D eigenvalue weighted by Crippen LogP contribution is -2.71. The number of hydrogen-bond donors (Lipinski definition) is 32. The lowest BCUT2D eigenvalue weighted by Gasteiger charge is -2.51. The number of hydrogen-bond acceptors (Lipinski definition) is 51. The largest absolute Gasteiger partial charge is 0.394 e. The Morgan fingerprint density at radius 2 is 0.413 bits per heavy atom. The van der Waals surface area contributed by atoms with E-state index in [1.807, 2.05) is 0 Å². The summed E-state index contributed by atoms with van der Waals surface area (Å²) in [5.41, 5.74) is 0. The summed E-state index contributed by atoms with van der Waals surface area (Å²) >= 11 is 0. The van der Waals surface area contributed by atoms with Crippen molar-refractivity contribution in [2.75, 3.05) is 66.1 Å². The van der Waals surface area contributed by atoms with Gasteiger partial charge in [0, 0.05) is 34.6 Å². The van der Waals surface area contributed by atoms with Gasteiger partial charge in [0.15, 0.2) is 62.9 Å². The molecule has 0 aromatic carbocycles. The van der Waals surface area contributed by atoms with Crippen LogP contribution in [0.1, 0.15) is 34.6 Å². The predicted molar refractivity (Wildman–Crippen MR) is 388 cm³/mol. The SMILES string of the molecule is CC(=O)N[C@H]1[C@H](OC[C@H]2O[C@@H](O[C@H]3[C@H](O)[C@@H](NC(C)=O)[C@H](O[C@H]4[C@@H](O)[C@@H](CO)O[C@@H](O[C@H]5[C@@H](O)[C@@H](CO[C@@H]6O[C@H](CO)[C@@H](O[C@@H]7O[C@H](CO)[C@H](O)[C@H](O)[C@H]7O)[C@H](O)[C@H]6NC(C)=O)OC(O)[C@@H]5NC(C)=O)[C@@H]4O)O[C@@H]3CO)[C@H](O)[C@@H](O[C@@H]3O[C@H](CO)[C@@H](O[C@@H]4O[C@H](CO)[C@H](O)[C@H](O)[C@H]4O)[C@H](O)[C@H]3NC(C)=O)[C@H]2O)O[C@H](CO)[C@@H](O[C@@H]2O[C@H](CO)[C@H](O)[C@H](O)[C@H]2O)[C@@H]1O. The molecule has 0 radical (unpaired) electrons. The van der Waals surface area contributed by atoms with E-state index in [9.17, 15) is 162 Å². The maximum Gasteiger partial charge on any atom is 0.217 e. The van der Waals surface area contributed by atoms with Gasteiger partial charge in [0.1, 0.15) is 244 Å². The predicted octanol–water partition coefficient (Wildman–Crippen LogP) is -22.1. The van der Waals surface area contributed by atoms with E-state index in [4.69, 9.17) is 90.0 Å². The molecule has 10 aliphatic heterocycles. The summed E-state index contributed by atoms with van der Waals surface area (Å²) in [6.45, 7) is -5.87. The third-order valence-electron chi connectivity index (χ3n) is 22.9. The van der Waals surface area contributed by atoms with Gasteiger partial charge in [0.2, 0.25) is 29.5 Å². The Hall–Kier alpha value is -4.49. The van der Waals surface area contributed by atoms with Gasteiger partial charge in [-0.25, -0.2) is 0 Å². The molecule has 50 atom stereocenters. The standard InChI is InChI=1S/C70H117N5O51/c1-16(84)71-31-42(95)54(120-66-49(102)46(99)36(89)21(6-76)111-66)25(10-80)115-62(31)108-14-29-40(93)58(35(61(107)110-29)75-20(5)88)124-69-52(105)59(39(92)24(9-79)114-69)125-64-34(74-19(4)87)45(98)57(28(13-83)118-64)123-70-53(106)60(126-65-33(73-18(3)86)44(97)56(27(12-82)117-65)122-68-51(104)48(101)38(91)23(8-78)113-68)41(94)30(119-70)15-109-63-32(72-17(2)85)43(96)55(26(11-81)116-63)121-67-50(103)47(100)37(90)22(7-77)112-67/h21-70,76-83,89-107H,6-15H2,1-5H3,(H,71,84)(H,72,85)(H,73,86)(H,74,87)(H,75,88)/t21-,22-,23-,24-,25-,26-,27-,28-,29-,30-,31-,32-,33-,34-,35-,36+,37+,38+,39+,40+,41+,42-,43-,44-,45-,46+,47+,48+,49-,50-,51-,52-,53-,54-,55-,56-,57-,58-,59+,60+,61?,62-,63-,64+,65+,66+,67+,68+,69+,70+/m1/s1. The van der Waals surface area contributed by atoms with Gasteiger partial charge in [0.05, 0.1) is 66.1 Å². The number of nitrogens with one attached hydrogen (secondary N) is 5. The molecule has 0 aromatic rings. The zero-order chi connectivity index (χ0) is 92.8. The van der Waals surface area contributed by atoms with Crippen LogP contribution in [-0.2, 0) is 114 Å². The van der Waals surface area contributed by atoms with Crippen LogP contribution < -0.4 is 26.6 Å². The number of carbonyl (C=O) groups excluding carboxylic acids is 5. The topological polar surface area (TPSA) is 867 Å². The summed E-state index contributed by atoms with van der Waals surface area (Å²) in [6.07, 6.45) is -92.0. The molecule has 10 aliphatic rings. The summed E-state index contributed by atoms with van der Waals surface area (Å²) in [5, 5.41) is 311. The van der Waals surface area contributed by atoms with E-state index in [1.165, 1.54) is 0 Å². The number of ether oxygens (including phenoxy) is 19. The average molecular weight is 1840 g/mol.